The summed E-state index contributed by atoms with van der Waals surface area (Å²) in [6, 6.07) is 0. The molecule has 0 aliphatic carbocycles. The number of esters is 1. The van der Waals surface area contributed by atoms with Gasteiger partial charge in [-0.2, -0.15) is 0 Å². The lowest BCUT2D eigenvalue weighted by molar-refractivity contribution is -0.150. The lowest BCUT2D eigenvalue weighted by atomic mass is 10.0. The molecule has 0 aromatic carbocycles. The van der Waals surface area contributed by atoms with Crippen molar-refractivity contribution in [2.24, 2.45) is 0 Å². The molecule has 0 saturated heterocycles. The van der Waals surface area contributed by atoms with Crippen LogP contribution in [-0.4, -0.2) is 40.6 Å². The van der Waals surface area contributed by atoms with Crippen LogP contribution in [0.3, 0.4) is 0 Å². The summed E-state index contributed by atoms with van der Waals surface area (Å²) in [6.45, 7) is -0.444. The topological polar surface area (TPSA) is 87.0 Å². The predicted octanol–water partition coefficient (Wildman–Crippen LogP) is -0.511. The van der Waals surface area contributed by atoms with Crippen molar-refractivity contribution in [2.45, 2.75) is 18.9 Å². The van der Waals surface area contributed by atoms with E-state index in [-0.39, 0.29) is 25.2 Å². The van der Waals surface area contributed by atoms with Crippen LogP contribution < -0.4 is 0 Å². The van der Waals surface area contributed by atoms with Gasteiger partial charge in [-0.3, -0.25) is 0 Å². The normalized spacial score (nSPS) is 23.2. The van der Waals surface area contributed by atoms with E-state index >= 15 is 0 Å². The smallest absolute Gasteiger partial charge is 0.373 e. The zero-order valence-electron chi connectivity index (χ0n) is 7.06. The molecule has 1 unspecified atom stereocenters. The van der Waals surface area contributed by atoms with E-state index in [0.717, 1.165) is 0 Å². The molecule has 1 rings (SSSR count). The van der Waals surface area contributed by atoms with Crippen LogP contribution in [0.5, 0.6) is 0 Å². The average molecular weight is 188 g/mol. The molecule has 0 spiro atoms. The fraction of sp³-hybridized carbons (Fsp3) is 0.625. The second kappa shape index (κ2) is 4.25. The van der Waals surface area contributed by atoms with Gasteiger partial charge in [-0.05, 0) is 0 Å². The molecule has 1 aliphatic rings. The van der Waals surface area contributed by atoms with Crippen LogP contribution in [-0.2, 0) is 9.53 Å². The van der Waals surface area contributed by atoms with Crippen molar-refractivity contribution in [3.63, 3.8) is 0 Å². The summed E-state index contributed by atoms with van der Waals surface area (Å²) in [7, 11) is 0. The molecular weight excluding hydrogens is 176 g/mol. The van der Waals surface area contributed by atoms with E-state index < -0.39 is 17.8 Å². The quantitative estimate of drug-likeness (QED) is 0.519. The molecule has 0 radical (unpaired) electrons. The van der Waals surface area contributed by atoms with Crippen LogP contribution in [0.15, 0.2) is 11.3 Å². The molecule has 0 amide bonds. The van der Waals surface area contributed by atoms with E-state index in [9.17, 15) is 4.79 Å². The summed E-state index contributed by atoms with van der Waals surface area (Å²) < 4.78 is 4.75. The molecule has 0 saturated carbocycles. The molecular formula is C8H12O5. The van der Waals surface area contributed by atoms with Crippen LogP contribution in [0.25, 0.3) is 0 Å². The SMILES string of the molecule is O=C1OC(CCO)CC(CO)=C1O. The Balaban J connectivity index is 2.70. The average Bonchev–Trinajstić information content (AvgIpc) is 2.11. The van der Waals surface area contributed by atoms with E-state index in [4.69, 9.17) is 20.1 Å². The van der Waals surface area contributed by atoms with Crippen molar-refractivity contribution in [3.8, 4) is 0 Å². The minimum absolute atomic E-state index is 0.0859. The highest BCUT2D eigenvalue weighted by Crippen LogP contribution is 2.21. The first-order chi connectivity index (χ1) is 6.19. The molecule has 0 aromatic heterocycles. The number of aliphatic hydroxyl groups is 3. The van der Waals surface area contributed by atoms with Crippen molar-refractivity contribution in [1.29, 1.82) is 0 Å². The number of aliphatic hydroxyl groups excluding tert-OH is 3. The predicted molar refractivity (Wildman–Crippen MR) is 42.9 cm³/mol. The van der Waals surface area contributed by atoms with Crippen molar-refractivity contribution < 1.29 is 24.9 Å². The Morgan fingerprint density at radius 2 is 2.15 bits per heavy atom. The van der Waals surface area contributed by atoms with Gasteiger partial charge in [0.15, 0.2) is 0 Å². The van der Waals surface area contributed by atoms with Gasteiger partial charge < -0.3 is 20.1 Å². The third-order valence-corrected chi connectivity index (χ3v) is 1.92. The summed E-state index contributed by atoms with van der Waals surface area (Å²) in [5.74, 6) is -1.33. The molecule has 0 fully saturated rings. The highest BCUT2D eigenvalue weighted by atomic mass is 16.6. The van der Waals surface area contributed by atoms with Gasteiger partial charge in [-0.25, -0.2) is 4.79 Å². The first-order valence-electron chi connectivity index (χ1n) is 4.02. The monoisotopic (exact) mass is 188 g/mol. The molecule has 0 aromatic rings. The zero-order chi connectivity index (χ0) is 9.84. The molecule has 1 heterocycles. The Bertz CT molecular complexity index is 233. The van der Waals surface area contributed by atoms with Gasteiger partial charge in [0.25, 0.3) is 0 Å². The lowest BCUT2D eigenvalue weighted by Gasteiger charge is -2.23. The Morgan fingerprint density at radius 3 is 2.69 bits per heavy atom. The van der Waals surface area contributed by atoms with Gasteiger partial charge in [0.1, 0.15) is 6.10 Å². The Morgan fingerprint density at radius 1 is 1.46 bits per heavy atom. The van der Waals surface area contributed by atoms with Crippen LogP contribution in [0.1, 0.15) is 12.8 Å². The summed E-state index contributed by atoms with van der Waals surface area (Å²) in [6.07, 6.45) is 0.174. The maximum atomic E-state index is 10.9. The minimum atomic E-state index is -0.825. The highest BCUT2D eigenvalue weighted by Gasteiger charge is 2.27. The summed E-state index contributed by atoms with van der Waals surface area (Å²) in [4.78, 5) is 10.9. The fourth-order valence-corrected chi connectivity index (χ4v) is 1.21. The van der Waals surface area contributed by atoms with Crippen molar-refractivity contribution in [2.75, 3.05) is 13.2 Å². The molecule has 5 nitrogen and oxygen atoms in total. The largest absolute Gasteiger partial charge is 0.502 e. The maximum Gasteiger partial charge on any atom is 0.373 e. The van der Waals surface area contributed by atoms with Gasteiger partial charge in [-0.1, -0.05) is 0 Å². The third-order valence-electron chi connectivity index (χ3n) is 1.92. The maximum absolute atomic E-state index is 10.9. The fourth-order valence-electron chi connectivity index (χ4n) is 1.21. The van der Waals surface area contributed by atoms with Crippen molar-refractivity contribution in [1.82, 2.24) is 0 Å². The molecule has 5 heteroatoms. The highest BCUT2D eigenvalue weighted by molar-refractivity contribution is 5.87. The molecule has 3 N–H and O–H groups in total. The van der Waals surface area contributed by atoms with E-state index in [1.54, 1.807) is 0 Å². The number of hydrogen-bond donors (Lipinski definition) is 3. The van der Waals surface area contributed by atoms with E-state index in [0.29, 0.717) is 6.42 Å². The number of ether oxygens (including phenoxy) is 1. The Labute approximate surface area is 75.3 Å². The Kier molecular flexibility index (Phi) is 3.27. The number of cyclic esters (lactones) is 1. The van der Waals surface area contributed by atoms with Crippen LogP contribution in [0.2, 0.25) is 0 Å². The Hall–Kier alpha value is -1.07. The van der Waals surface area contributed by atoms with Gasteiger partial charge >= 0.3 is 5.97 Å². The molecule has 1 aliphatic heterocycles. The first-order valence-corrected chi connectivity index (χ1v) is 4.02. The van der Waals surface area contributed by atoms with Crippen LogP contribution in [0, 0.1) is 0 Å². The number of hydrogen-bond acceptors (Lipinski definition) is 5. The van der Waals surface area contributed by atoms with E-state index in [1.807, 2.05) is 0 Å². The zero-order valence-corrected chi connectivity index (χ0v) is 7.06. The van der Waals surface area contributed by atoms with E-state index in [2.05, 4.69) is 0 Å². The van der Waals surface area contributed by atoms with Gasteiger partial charge in [-0.15, -0.1) is 0 Å². The van der Waals surface area contributed by atoms with Crippen LogP contribution in [0.4, 0.5) is 0 Å². The third kappa shape index (κ3) is 2.19. The van der Waals surface area contributed by atoms with Crippen molar-refractivity contribution >= 4 is 5.97 Å². The van der Waals surface area contributed by atoms with Gasteiger partial charge in [0.2, 0.25) is 5.76 Å². The summed E-state index contributed by atoms with van der Waals surface area (Å²) >= 11 is 0. The van der Waals surface area contributed by atoms with Gasteiger partial charge in [0, 0.05) is 25.0 Å². The molecule has 1 atom stereocenters. The standard InChI is InChI=1S/C8H12O5/c9-2-1-6-3-5(4-10)7(11)8(12)13-6/h6,9-11H,1-4H2. The lowest BCUT2D eigenvalue weighted by Crippen LogP contribution is -2.28. The molecule has 0 bridgehead atoms. The molecule has 74 valence electrons. The summed E-state index contributed by atoms with van der Waals surface area (Å²) in [5.41, 5.74) is 0.273. The van der Waals surface area contributed by atoms with Crippen molar-refractivity contribution in [3.05, 3.63) is 11.3 Å². The second-order valence-electron chi connectivity index (χ2n) is 2.85. The number of carbonyl (C=O) groups excluding carboxylic acids is 1. The van der Waals surface area contributed by atoms with E-state index in [1.165, 1.54) is 0 Å². The van der Waals surface area contributed by atoms with Crippen LogP contribution >= 0.6 is 0 Å². The minimum Gasteiger partial charge on any atom is -0.502 e. The first kappa shape index (κ1) is 10.0. The number of carbonyl (C=O) groups is 1. The van der Waals surface area contributed by atoms with Gasteiger partial charge in [0.05, 0.1) is 6.61 Å². The summed E-state index contributed by atoms with van der Waals surface area (Å²) in [5, 5.41) is 26.5. The number of rotatable bonds is 3. The molecule has 13 heavy (non-hydrogen) atoms. The second-order valence-corrected chi connectivity index (χ2v) is 2.85.